The van der Waals surface area contributed by atoms with Crippen LogP contribution < -0.4 is 9.48 Å². The highest BCUT2D eigenvalue weighted by atomic mass is 35.5. The zero-order valence-corrected chi connectivity index (χ0v) is 15.8. The fraction of sp³-hybridized carbons (Fsp3) is 0.105. The van der Waals surface area contributed by atoms with Crippen LogP contribution in [0, 0.1) is 0 Å². The minimum atomic E-state index is -6.00. The lowest BCUT2D eigenvalue weighted by Crippen LogP contribution is -2.27. The van der Waals surface area contributed by atoms with Crippen LogP contribution in [0.5, 0.6) is 5.75 Å². The Morgan fingerprint density at radius 3 is 2.07 bits per heavy atom. The number of rotatable bonds is 4. The molecule has 0 radical (unpaired) electrons. The van der Waals surface area contributed by atoms with Gasteiger partial charge in [0.05, 0.1) is 13.2 Å². The Hall–Kier alpha value is -2.74. The van der Waals surface area contributed by atoms with Crippen LogP contribution in [0.1, 0.15) is 11.3 Å². The van der Waals surface area contributed by atoms with Gasteiger partial charge in [-0.25, -0.2) is 4.52 Å². The van der Waals surface area contributed by atoms with Crippen LogP contribution >= 0.6 is 11.6 Å². The Labute approximate surface area is 164 Å². The van der Waals surface area contributed by atoms with Gasteiger partial charge in [0.15, 0.2) is 7.05 Å². The second-order valence-electron chi connectivity index (χ2n) is 5.63. The number of aromatic nitrogens is 1. The molecule has 3 rings (SSSR count). The second-order valence-corrected chi connectivity index (χ2v) is 6.07. The Kier molecular flexibility index (Phi) is 7.28. The van der Waals surface area contributed by atoms with Crippen molar-refractivity contribution in [3.63, 3.8) is 0 Å². The van der Waals surface area contributed by atoms with E-state index < -0.39 is 7.25 Å². The summed E-state index contributed by atoms with van der Waals surface area (Å²) in [6.45, 7) is 0. The first-order chi connectivity index (χ1) is 13.2. The van der Waals surface area contributed by atoms with E-state index in [-0.39, 0.29) is 0 Å². The molecule has 2 aromatic carbocycles. The monoisotopic (exact) mass is 413 g/mol. The van der Waals surface area contributed by atoms with Gasteiger partial charge in [-0.05, 0) is 52.8 Å². The third-order valence-electron chi connectivity index (χ3n) is 3.57. The molecule has 0 aliphatic rings. The summed E-state index contributed by atoms with van der Waals surface area (Å²) in [5.74, 6) is 1.65. The van der Waals surface area contributed by atoms with Crippen LogP contribution in [0.4, 0.5) is 17.3 Å². The molecule has 0 aliphatic carbocycles. The maximum Gasteiger partial charge on any atom is 0.673 e. The van der Waals surface area contributed by atoms with Gasteiger partial charge in [-0.15, -0.1) is 0 Å². The Balaban J connectivity index is 0.000000500. The second kappa shape index (κ2) is 9.46. The molecule has 3 aromatic rings. The molecule has 0 saturated heterocycles. The van der Waals surface area contributed by atoms with Gasteiger partial charge in [0.1, 0.15) is 5.75 Å². The molecule has 9 heteroatoms. The highest BCUT2D eigenvalue weighted by molar-refractivity contribution is 6.50. The van der Waals surface area contributed by atoms with E-state index in [2.05, 4.69) is 0 Å². The summed E-state index contributed by atoms with van der Waals surface area (Å²) >= 11 is 5.92. The SMILES string of the molecule is COc1ccc(/C=C/c2cc(-c3ccc(Cl)cc3)o[n+]2C)cc1.F[B-](F)(F)F. The molecule has 0 spiro atoms. The standard InChI is InChI=1S/C19H17ClNO2.BF4/c1-21-17(10-3-14-4-11-18(22-2)12-5-14)13-19(23-21)15-6-8-16(20)9-7-15;2-1(3,4)5/h3-13H,1-2H3;/q+1;-1/b10-3+;. The first kappa shape index (κ1) is 21.6. The quantitative estimate of drug-likeness (QED) is 0.302. The van der Waals surface area contributed by atoms with Gasteiger partial charge in [-0.2, -0.15) is 0 Å². The van der Waals surface area contributed by atoms with E-state index in [0.29, 0.717) is 5.02 Å². The summed E-state index contributed by atoms with van der Waals surface area (Å²) < 4.78 is 51.7. The molecule has 1 aromatic heterocycles. The fourth-order valence-corrected chi connectivity index (χ4v) is 2.38. The molecule has 0 bridgehead atoms. The predicted octanol–water partition coefficient (Wildman–Crippen LogP) is 5.90. The number of methoxy groups -OCH3 is 1. The van der Waals surface area contributed by atoms with Crippen LogP contribution in [0.2, 0.25) is 5.02 Å². The molecule has 1 heterocycles. The average molecular weight is 414 g/mol. The third-order valence-corrected chi connectivity index (χ3v) is 3.82. The molecule has 0 amide bonds. The molecule has 0 fully saturated rings. The molecule has 0 atom stereocenters. The van der Waals surface area contributed by atoms with Gasteiger partial charge in [0.25, 0.3) is 5.69 Å². The molecule has 148 valence electrons. The van der Waals surface area contributed by atoms with Crippen molar-refractivity contribution in [3.8, 4) is 17.1 Å². The number of hydrogen-bond donors (Lipinski definition) is 0. The van der Waals surface area contributed by atoms with E-state index >= 15 is 0 Å². The van der Waals surface area contributed by atoms with E-state index in [1.807, 2.05) is 73.8 Å². The number of nitrogens with zero attached hydrogens (tertiary/aromatic N) is 1. The van der Waals surface area contributed by atoms with Gasteiger partial charge >= 0.3 is 7.25 Å². The van der Waals surface area contributed by atoms with Crippen molar-refractivity contribution in [2.75, 3.05) is 7.11 Å². The summed E-state index contributed by atoms with van der Waals surface area (Å²) in [4.78, 5) is 0. The molecule has 3 nitrogen and oxygen atoms in total. The molecule has 0 N–H and O–H groups in total. The maximum atomic E-state index is 9.75. The summed E-state index contributed by atoms with van der Waals surface area (Å²) in [6, 6.07) is 17.5. The largest absolute Gasteiger partial charge is 0.673 e. The number of halogens is 5. The highest BCUT2D eigenvalue weighted by Gasteiger charge is 2.20. The van der Waals surface area contributed by atoms with Crippen molar-refractivity contribution in [2.24, 2.45) is 7.05 Å². The van der Waals surface area contributed by atoms with Crippen molar-refractivity contribution >= 4 is 31.0 Å². The topological polar surface area (TPSA) is 26.2 Å². The molecule has 0 aliphatic heterocycles. The van der Waals surface area contributed by atoms with Crippen molar-refractivity contribution in [1.82, 2.24) is 0 Å². The van der Waals surface area contributed by atoms with Gasteiger partial charge in [-0.1, -0.05) is 23.7 Å². The van der Waals surface area contributed by atoms with Crippen LogP contribution in [0.3, 0.4) is 0 Å². The van der Waals surface area contributed by atoms with Crippen molar-refractivity contribution in [2.45, 2.75) is 0 Å². The first-order valence-corrected chi connectivity index (χ1v) is 8.49. The van der Waals surface area contributed by atoms with E-state index in [4.69, 9.17) is 20.9 Å². The Morgan fingerprint density at radius 1 is 0.964 bits per heavy atom. The Morgan fingerprint density at radius 2 is 1.54 bits per heavy atom. The summed E-state index contributed by atoms with van der Waals surface area (Å²) in [6.07, 6.45) is 4.06. The van der Waals surface area contributed by atoms with E-state index in [0.717, 1.165) is 28.3 Å². The minimum absolute atomic E-state index is 0.712. The van der Waals surface area contributed by atoms with E-state index in [9.17, 15) is 17.3 Å². The number of hydrogen-bond acceptors (Lipinski definition) is 2. The molecular formula is C19H17BClF4NO2. The van der Waals surface area contributed by atoms with Crippen molar-refractivity contribution in [1.29, 1.82) is 0 Å². The van der Waals surface area contributed by atoms with Gasteiger partial charge in [0, 0.05) is 16.7 Å². The Bertz CT molecular complexity index is 917. The summed E-state index contributed by atoms with van der Waals surface area (Å²) in [7, 11) is -2.46. The number of benzene rings is 2. The smallest absolute Gasteiger partial charge is 0.497 e. The molecule has 0 saturated carbocycles. The highest BCUT2D eigenvalue weighted by Crippen LogP contribution is 2.22. The normalized spacial score (nSPS) is 11.2. The van der Waals surface area contributed by atoms with Crippen LogP contribution in [0.15, 0.2) is 59.1 Å². The zero-order chi connectivity index (χ0) is 20.7. The molecule has 28 heavy (non-hydrogen) atoms. The van der Waals surface area contributed by atoms with E-state index in [1.54, 1.807) is 11.8 Å². The van der Waals surface area contributed by atoms with Crippen molar-refractivity contribution < 1.29 is 31.3 Å². The van der Waals surface area contributed by atoms with Crippen molar-refractivity contribution in [3.05, 3.63) is 70.9 Å². The van der Waals surface area contributed by atoms with Crippen LogP contribution in [0.25, 0.3) is 23.5 Å². The van der Waals surface area contributed by atoms with Gasteiger partial charge in [-0.3, -0.25) is 0 Å². The van der Waals surface area contributed by atoms with Gasteiger partial charge in [0.2, 0.25) is 5.76 Å². The minimum Gasteiger partial charge on any atom is -0.497 e. The maximum absolute atomic E-state index is 9.75. The van der Waals surface area contributed by atoms with Crippen LogP contribution in [-0.2, 0) is 7.05 Å². The molecular weight excluding hydrogens is 396 g/mol. The lowest BCUT2D eigenvalue weighted by atomic mass is 10.1. The average Bonchev–Trinajstić information content (AvgIpc) is 3.00. The van der Waals surface area contributed by atoms with Crippen LogP contribution in [-0.4, -0.2) is 14.4 Å². The zero-order valence-electron chi connectivity index (χ0n) is 15.1. The fourth-order valence-electron chi connectivity index (χ4n) is 2.25. The van der Waals surface area contributed by atoms with E-state index in [1.165, 1.54) is 0 Å². The lowest BCUT2D eigenvalue weighted by molar-refractivity contribution is -0.844. The summed E-state index contributed by atoms with van der Waals surface area (Å²) in [5, 5.41) is 0.712. The number of aryl methyl sites for hydroxylation is 1. The summed E-state index contributed by atoms with van der Waals surface area (Å²) in [5.41, 5.74) is 3.07. The number of ether oxygens (including phenoxy) is 1. The predicted molar refractivity (Wildman–Crippen MR) is 102 cm³/mol. The first-order valence-electron chi connectivity index (χ1n) is 8.11. The lowest BCUT2D eigenvalue weighted by Gasteiger charge is -1.98. The van der Waals surface area contributed by atoms with Gasteiger partial charge < -0.3 is 22.0 Å². The molecule has 0 unspecified atom stereocenters. The third kappa shape index (κ3) is 7.11.